The van der Waals surface area contributed by atoms with Crippen LogP contribution < -0.4 is 0 Å². The SMILES string of the molecule is O=C(O)C1=C(/C=C/Cl)CC1. The summed E-state index contributed by atoms with van der Waals surface area (Å²) in [6.07, 6.45) is 3.14. The molecule has 54 valence electrons. The summed E-state index contributed by atoms with van der Waals surface area (Å²) >= 11 is 5.27. The van der Waals surface area contributed by atoms with Gasteiger partial charge in [-0.05, 0) is 24.5 Å². The van der Waals surface area contributed by atoms with Crippen LogP contribution in [-0.4, -0.2) is 11.1 Å². The van der Waals surface area contributed by atoms with Crippen molar-refractivity contribution in [2.75, 3.05) is 0 Å². The summed E-state index contributed by atoms with van der Waals surface area (Å²) in [5.41, 5.74) is 2.69. The maximum absolute atomic E-state index is 10.3. The Morgan fingerprint density at radius 1 is 1.60 bits per heavy atom. The molecule has 1 aliphatic carbocycles. The molecule has 1 rings (SSSR count). The highest BCUT2D eigenvalue weighted by Crippen LogP contribution is 2.28. The number of carboxylic acid groups (broad SMARTS) is 1. The third kappa shape index (κ3) is 1.21. The van der Waals surface area contributed by atoms with Crippen molar-refractivity contribution in [1.29, 1.82) is 0 Å². The topological polar surface area (TPSA) is 37.3 Å². The van der Waals surface area contributed by atoms with Crippen LogP contribution in [0, 0.1) is 0 Å². The molecule has 2 nitrogen and oxygen atoms in total. The van der Waals surface area contributed by atoms with Gasteiger partial charge in [0.2, 0.25) is 0 Å². The van der Waals surface area contributed by atoms with Crippen LogP contribution >= 0.6 is 11.6 Å². The minimum absolute atomic E-state index is 0.497. The van der Waals surface area contributed by atoms with Gasteiger partial charge in [-0.3, -0.25) is 0 Å². The molecule has 0 bridgehead atoms. The van der Waals surface area contributed by atoms with Crippen LogP contribution in [0.2, 0.25) is 0 Å². The van der Waals surface area contributed by atoms with Crippen LogP contribution in [0.5, 0.6) is 0 Å². The molecule has 0 fully saturated rings. The number of rotatable bonds is 2. The minimum atomic E-state index is -0.823. The van der Waals surface area contributed by atoms with Crippen molar-refractivity contribution >= 4 is 17.6 Å². The standard InChI is InChI=1S/C7H7ClO2/c8-4-3-5-1-2-6(5)7(9)10/h3-4H,1-2H2,(H,9,10)/b4-3+. The van der Waals surface area contributed by atoms with Gasteiger partial charge in [-0.1, -0.05) is 11.6 Å². The highest BCUT2D eigenvalue weighted by Gasteiger charge is 2.20. The summed E-state index contributed by atoms with van der Waals surface area (Å²) in [5.74, 6) is -0.823. The average Bonchev–Trinajstić information content (AvgIpc) is 1.78. The van der Waals surface area contributed by atoms with Gasteiger partial charge in [0, 0.05) is 11.1 Å². The molecule has 0 saturated heterocycles. The van der Waals surface area contributed by atoms with E-state index in [0.717, 1.165) is 12.0 Å². The van der Waals surface area contributed by atoms with E-state index in [-0.39, 0.29) is 0 Å². The Hall–Kier alpha value is -0.760. The van der Waals surface area contributed by atoms with Crippen molar-refractivity contribution < 1.29 is 9.90 Å². The lowest BCUT2D eigenvalue weighted by molar-refractivity contribution is -0.133. The van der Waals surface area contributed by atoms with Gasteiger partial charge in [-0.25, -0.2) is 4.79 Å². The number of hydrogen-bond acceptors (Lipinski definition) is 1. The third-order valence-corrected chi connectivity index (χ3v) is 1.68. The zero-order valence-electron chi connectivity index (χ0n) is 5.30. The second-order valence-electron chi connectivity index (χ2n) is 2.10. The Morgan fingerprint density at radius 3 is 2.60 bits per heavy atom. The maximum Gasteiger partial charge on any atom is 0.331 e. The number of halogens is 1. The molecule has 0 aromatic rings. The fourth-order valence-electron chi connectivity index (χ4n) is 0.899. The summed E-state index contributed by atoms with van der Waals surface area (Å²) in [7, 11) is 0. The molecule has 1 N–H and O–H groups in total. The van der Waals surface area contributed by atoms with E-state index in [1.165, 1.54) is 5.54 Å². The number of carbonyl (C=O) groups is 1. The number of carboxylic acids is 1. The van der Waals surface area contributed by atoms with E-state index >= 15 is 0 Å². The van der Waals surface area contributed by atoms with E-state index in [9.17, 15) is 4.79 Å². The molecule has 0 aromatic carbocycles. The van der Waals surface area contributed by atoms with Crippen LogP contribution in [0.1, 0.15) is 12.8 Å². The van der Waals surface area contributed by atoms with Crippen molar-refractivity contribution in [3.05, 3.63) is 22.8 Å². The highest BCUT2D eigenvalue weighted by atomic mass is 35.5. The summed E-state index contributed by atoms with van der Waals surface area (Å²) in [6.45, 7) is 0. The second kappa shape index (κ2) is 2.88. The molecular weight excluding hydrogens is 152 g/mol. The summed E-state index contributed by atoms with van der Waals surface area (Å²) in [5, 5.41) is 8.50. The highest BCUT2D eigenvalue weighted by molar-refractivity contribution is 6.25. The van der Waals surface area contributed by atoms with Crippen LogP contribution in [-0.2, 0) is 4.79 Å². The van der Waals surface area contributed by atoms with Crippen LogP contribution in [0.4, 0.5) is 0 Å². The number of allylic oxidation sites excluding steroid dienone is 2. The summed E-state index contributed by atoms with van der Waals surface area (Å²) < 4.78 is 0. The first kappa shape index (κ1) is 7.35. The molecule has 10 heavy (non-hydrogen) atoms. The van der Waals surface area contributed by atoms with Gasteiger partial charge in [0.05, 0.1) is 0 Å². The van der Waals surface area contributed by atoms with E-state index in [1.807, 2.05) is 0 Å². The Balaban J connectivity index is 2.76. The van der Waals surface area contributed by atoms with Gasteiger partial charge < -0.3 is 5.11 Å². The smallest absolute Gasteiger partial charge is 0.331 e. The molecule has 1 aliphatic rings. The summed E-state index contributed by atoms with van der Waals surface area (Å²) in [4.78, 5) is 10.3. The fourth-order valence-corrected chi connectivity index (χ4v) is 1.05. The van der Waals surface area contributed by atoms with Gasteiger partial charge in [0.1, 0.15) is 0 Å². The third-order valence-electron chi connectivity index (χ3n) is 1.55. The first-order chi connectivity index (χ1) is 4.75. The van der Waals surface area contributed by atoms with Crippen molar-refractivity contribution in [2.24, 2.45) is 0 Å². The minimum Gasteiger partial charge on any atom is -0.478 e. The molecule has 0 aromatic heterocycles. The Bertz CT molecular complexity index is 216. The molecule has 0 spiro atoms. The van der Waals surface area contributed by atoms with Crippen LogP contribution in [0.3, 0.4) is 0 Å². The lowest BCUT2D eigenvalue weighted by Gasteiger charge is -2.16. The molecule has 3 heteroatoms. The van der Waals surface area contributed by atoms with E-state index in [1.54, 1.807) is 6.08 Å². The molecule has 0 radical (unpaired) electrons. The van der Waals surface area contributed by atoms with E-state index in [4.69, 9.17) is 16.7 Å². The molecule has 0 atom stereocenters. The summed E-state index contributed by atoms with van der Waals surface area (Å²) in [6, 6.07) is 0. The van der Waals surface area contributed by atoms with Crippen LogP contribution in [0.25, 0.3) is 0 Å². The Kier molecular flexibility index (Phi) is 2.12. The van der Waals surface area contributed by atoms with E-state index < -0.39 is 5.97 Å². The largest absolute Gasteiger partial charge is 0.478 e. The number of aliphatic carboxylic acids is 1. The quantitative estimate of drug-likeness (QED) is 0.667. The monoisotopic (exact) mass is 158 g/mol. The zero-order valence-corrected chi connectivity index (χ0v) is 6.06. The first-order valence-corrected chi connectivity index (χ1v) is 3.41. The lowest BCUT2D eigenvalue weighted by Crippen LogP contribution is -2.11. The van der Waals surface area contributed by atoms with Crippen molar-refractivity contribution in [1.82, 2.24) is 0 Å². The lowest BCUT2D eigenvalue weighted by atomic mass is 9.89. The molecule has 0 aliphatic heterocycles. The van der Waals surface area contributed by atoms with E-state index in [2.05, 4.69) is 0 Å². The van der Waals surface area contributed by atoms with Gasteiger partial charge in [0.15, 0.2) is 0 Å². The van der Waals surface area contributed by atoms with Crippen molar-refractivity contribution in [3.63, 3.8) is 0 Å². The Labute approximate surface area is 63.8 Å². The fraction of sp³-hybridized carbons (Fsp3) is 0.286. The van der Waals surface area contributed by atoms with Gasteiger partial charge in [0.25, 0.3) is 0 Å². The predicted octanol–water partition coefficient (Wildman–Crippen LogP) is 1.91. The van der Waals surface area contributed by atoms with Crippen molar-refractivity contribution in [3.8, 4) is 0 Å². The Morgan fingerprint density at radius 2 is 2.30 bits per heavy atom. The molecule has 0 heterocycles. The zero-order chi connectivity index (χ0) is 7.56. The normalized spacial score (nSPS) is 17.7. The first-order valence-electron chi connectivity index (χ1n) is 2.98. The molecule has 0 unspecified atom stereocenters. The molecule has 0 saturated carbocycles. The predicted molar refractivity (Wildman–Crippen MR) is 38.9 cm³/mol. The molecule has 0 amide bonds. The van der Waals surface area contributed by atoms with Crippen LogP contribution in [0.15, 0.2) is 22.8 Å². The second-order valence-corrected chi connectivity index (χ2v) is 2.35. The number of hydrogen-bond donors (Lipinski definition) is 1. The van der Waals surface area contributed by atoms with Crippen molar-refractivity contribution in [2.45, 2.75) is 12.8 Å². The van der Waals surface area contributed by atoms with E-state index in [0.29, 0.717) is 12.0 Å². The average molecular weight is 159 g/mol. The van der Waals surface area contributed by atoms with Gasteiger partial charge in [-0.15, -0.1) is 0 Å². The maximum atomic E-state index is 10.3. The molecular formula is C7H7ClO2. The van der Waals surface area contributed by atoms with Gasteiger partial charge in [-0.2, -0.15) is 0 Å². The van der Waals surface area contributed by atoms with Gasteiger partial charge >= 0.3 is 5.97 Å².